The van der Waals surface area contributed by atoms with Crippen molar-refractivity contribution in [2.45, 2.75) is 19.1 Å². The predicted octanol–water partition coefficient (Wildman–Crippen LogP) is 0.486. The Morgan fingerprint density at radius 1 is 1.44 bits per heavy atom. The summed E-state index contributed by atoms with van der Waals surface area (Å²) in [5.41, 5.74) is 5.97. The van der Waals surface area contributed by atoms with Crippen LogP contribution in [0.1, 0.15) is 17.3 Å². The Morgan fingerprint density at radius 3 is 2.50 bits per heavy atom. The molecule has 0 aliphatic rings. The normalized spacial score (nSPS) is 13.7. The van der Waals surface area contributed by atoms with Gasteiger partial charge in [0.25, 0.3) is 5.91 Å². The lowest BCUT2D eigenvalue weighted by Gasteiger charge is -2.17. The van der Waals surface area contributed by atoms with Gasteiger partial charge < -0.3 is 21.3 Å². The summed E-state index contributed by atoms with van der Waals surface area (Å²) in [5.74, 6) is -1.97. The van der Waals surface area contributed by atoms with Gasteiger partial charge in [-0.3, -0.25) is 4.79 Å². The SMILES string of the molecule is C[C@@H](O)[C@H](NC(=O)c1ccc(N)c(Cl)c1)C(=O)O. The van der Waals surface area contributed by atoms with Gasteiger partial charge in [-0.25, -0.2) is 4.79 Å². The summed E-state index contributed by atoms with van der Waals surface area (Å²) in [4.78, 5) is 22.6. The number of nitrogens with two attached hydrogens (primary N) is 1. The summed E-state index contributed by atoms with van der Waals surface area (Å²) in [6.07, 6.45) is -1.21. The van der Waals surface area contributed by atoms with E-state index in [0.29, 0.717) is 5.69 Å². The van der Waals surface area contributed by atoms with Crippen LogP contribution < -0.4 is 11.1 Å². The number of amides is 1. The van der Waals surface area contributed by atoms with Gasteiger partial charge in [0.1, 0.15) is 0 Å². The van der Waals surface area contributed by atoms with E-state index in [9.17, 15) is 14.7 Å². The van der Waals surface area contributed by atoms with Crippen LogP contribution in [0.15, 0.2) is 18.2 Å². The summed E-state index contributed by atoms with van der Waals surface area (Å²) in [6.45, 7) is 1.27. The lowest BCUT2D eigenvalue weighted by molar-refractivity contribution is -0.141. The van der Waals surface area contributed by atoms with Crippen molar-refractivity contribution >= 4 is 29.2 Å². The number of rotatable bonds is 4. The molecular formula is C11H13ClN2O4. The second kappa shape index (κ2) is 5.70. The number of aliphatic carboxylic acids is 1. The topological polar surface area (TPSA) is 113 Å². The highest BCUT2D eigenvalue weighted by molar-refractivity contribution is 6.33. The molecular weight excluding hydrogens is 260 g/mol. The molecule has 0 fully saturated rings. The first-order valence-corrected chi connectivity index (χ1v) is 5.47. The van der Waals surface area contributed by atoms with Crippen molar-refractivity contribution in [2.75, 3.05) is 5.73 Å². The van der Waals surface area contributed by atoms with Gasteiger partial charge in [0, 0.05) is 5.56 Å². The number of carboxylic acids is 1. The van der Waals surface area contributed by atoms with E-state index in [-0.39, 0.29) is 10.6 Å². The number of nitrogen functional groups attached to an aromatic ring is 1. The van der Waals surface area contributed by atoms with Crippen molar-refractivity contribution in [2.24, 2.45) is 0 Å². The fourth-order valence-corrected chi connectivity index (χ4v) is 1.46. The minimum atomic E-state index is -1.38. The lowest BCUT2D eigenvalue weighted by atomic mass is 10.1. The van der Waals surface area contributed by atoms with E-state index in [4.69, 9.17) is 22.4 Å². The van der Waals surface area contributed by atoms with Gasteiger partial charge in [-0.05, 0) is 25.1 Å². The molecule has 98 valence electrons. The molecule has 18 heavy (non-hydrogen) atoms. The van der Waals surface area contributed by atoms with Gasteiger partial charge in [-0.1, -0.05) is 11.6 Å². The smallest absolute Gasteiger partial charge is 0.328 e. The molecule has 1 amide bonds. The Hall–Kier alpha value is -1.79. The molecule has 0 saturated carbocycles. The highest BCUT2D eigenvalue weighted by Gasteiger charge is 2.25. The summed E-state index contributed by atoms with van der Waals surface area (Å²) in [6, 6.07) is 2.80. The molecule has 0 aromatic heterocycles. The van der Waals surface area contributed by atoms with Crippen LogP contribution in [-0.4, -0.2) is 34.2 Å². The zero-order valence-corrected chi connectivity index (χ0v) is 10.3. The Balaban J connectivity index is 2.87. The van der Waals surface area contributed by atoms with E-state index in [0.717, 1.165) is 0 Å². The summed E-state index contributed by atoms with van der Waals surface area (Å²) in [5, 5.41) is 20.4. The number of hydrogen-bond acceptors (Lipinski definition) is 4. The van der Waals surface area contributed by atoms with E-state index in [1.54, 1.807) is 0 Å². The number of anilines is 1. The number of carbonyl (C=O) groups is 2. The van der Waals surface area contributed by atoms with Crippen molar-refractivity contribution in [3.63, 3.8) is 0 Å². The Bertz CT molecular complexity index is 476. The second-order valence-corrected chi connectivity index (χ2v) is 4.17. The second-order valence-electron chi connectivity index (χ2n) is 3.77. The first kappa shape index (κ1) is 14.3. The van der Waals surface area contributed by atoms with Crippen LogP contribution in [0.5, 0.6) is 0 Å². The maximum absolute atomic E-state index is 11.7. The Labute approximate surface area is 108 Å². The monoisotopic (exact) mass is 272 g/mol. The van der Waals surface area contributed by atoms with Gasteiger partial charge in [0.05, 0.1) is 16.8 Å². The van der Waals surface area contributed by atoms with Gasteiger partial charge >= 0.3 is 5.97 Å². The van der Waals surface area contributed by atoms with Gasteiger partial charge in [0.15, 0.2) is 6.04 Å². The van der Waals surface area contributed by atoms with Crippen LogP contribution in [0.4, 0.5) is 5.69 Å². The minimum Gasteiger partial charge on any atom is -0.480 e. The molecule has 0 heterocycles. The Morgan fingerprint density at radius 2 is 2.06 bits per heavy atom. The quantitative estimate of drug-likeness (QED) is 0.596. The third-order valence-electron chi connectivity index (χ3n) is 2.30. The predicted molar refractivity (Wildman–Crippen MR) is 66.4 cm³/mol. The first-order chi connectivity index (χ1) is 8.32. The van der Waals surface area contributed by atoms with Crippen molar-refractivity contribution in [3.8, 4) is 0 Å². The highest BCUT2D eigenvalue weighted by Crippen LogP contribution is 2.19. The van der Waals surface area contributed by atoms with E-state index in [1.165, 1.54) is 25.1 Å². The summed E-state index contributed by atoms with van der Waals surface area (Å²) in [7, 11) is 0. The molecule has 0 unspecified atom stereocenters. The molecule has 0 aliphatic heterocycles. The average Bonchev–Trinajstić information content (AvgIpc) is 2.28. The molecule has 6 nitrogen and oxygen atoms in total. The third kappa shape index (κ3) is 3.35. The molecule has 0 saturated heterocycles. The van der Waals surface area contributed by atoms with Crippen LogP contribution in [-0.2, 0) is 4.79 Å². The zero-order valence-electron chi connectivity index (χ0n) is 9.55. The van der Waals surface area contributed by atoms with Gasteiger partial charge in [-0.2, -0.15) is 0 Å². The maximum atomic E-state index is 11.7. The molecule has 5 N–H and O–H groups in total. The molecule has 0 radical (unpaired) electrons. The van der Waals surface area contributed by atoms with Gasteiger partial charge in [0.2, 0.25) is 0 Å². The number of hydrogen-bond donors (Lipinski definition) is 4. The van der Waals surface area contributed by atoms with Crippen molar-refractivity contribution in [1.82, 2.24) is 5.32 Å². The summed E-state index contributed by atoms with van der Waals surface area (Å²) < 4.78 is 0. The van der Waals surface area contributed by atoms with Crippen LogP contribution in [0.2, 0.25) is 5.02 Å². The van der Waals surface area contributed by atoms with Crippen molar-refractivity contribution in [1.29, 1.82) is 0 Å². The first-order valence-electron chi connectivity index (χ1n) is 5.09. The van der Waals surface area contributed by atoms with Crippen LogP contribution in [0.3, 0.4) is 0 Å². The van der Waals surface area contributed by atoms with Crippen LogP contribution in [0.25, 0.3) is 0 Å². The fraction of sp³-hybridized carbons (Fsp3) is 0.273. The number of carboxylic acid groups (broad SMARTS) is 1. The number of aliphatic hydroxyl groups excluding tert-OH is 1. The molecule has 1 rings (SSSR count). The van der Waals surface area contributed by atoms with E-state index in [2.05, 4.69) is 5.32 Å². The molecule has 0 bridgehead atoms. The fourth-order valence-electron chi connectivity index (χ4n) is 1.28. The number of benzene rings is 1. The number of carbonyl (C=O) groups excluding carboxylic acids is 1. The lowest BCUT2D eigenvalue weighted by Crippen LogP contribution is -2.47. The largest absolute Gasteiger partial charge is 0.480 e. The number of aliphatic hydroxyl groups is 1. The molecule has 1 aromatic carbocycles. The zero-order chi connectivity index (χ0) is 13.9. The van der Waals surface area contributed by atoms with Crippen LogP contribution >= 0.6 is 11.6 Å². The standard InChI is InChI=1S/C11H13ClN2O4/c1-5(15)9(11(17)18)14-10(16)6-2-3-8(13)7(12)4-6/h2-5,9,15H,13H2,1H3,(H,14,16)(H,17,18)/t5-,9+/m1/s1. The van der Waals surface area contributed by atoms with E-state index >= 15 is 0 Å². The summed E-state index contributed by atoms with van der Waals surface area (Å²) >= 11 is 5.75. The van der Waals surface area contributed by atoms with Crippen LogP contribution in [0, 0.1) is 0 Å². The molecule has 2 atom stereocenters. The average molecular weight is 273 g/mol. The maximum Gasteiger partial charge on any atom is 0.328 e. The van der Waals surface area contributed by atoms with Crippen molar-refractivity contribution in [3.05, 3.63) is 28.8 Å². The number of halogens is 1. The number of nitrogens with one attached hydrogen (secondary N) is 1. The molecule has 0 spiro atoms. The third-order valence-corrected chi connectivity index (χ3v) is 2.63. The highest BCUT2D eigenvalue weighted by atomic mass is 35.5. The Kier molecular flexibility index (Phi) is 4.52. The van der Waals surface area contributed by atoms with E-state index < -0.39 is 24.0 Å². The molecule has 7 heteroatoms. The van der Waals surface area contributed by atoms with E-state index in [1.807, 2.05) is 0 Å². The minimum absolute atomic E-state index is 0.168. The van der Waals surface area contributed by atoms with Gasteiger partial charge in [-0.15, -0.1) is 0 Å². The molecule has 1 aromatic rings. The van der Waals surface area contributed by atoms with Crippen molar-refractivity contribution < 1.29 is 19.8 Å². The molecule has 0 aliphatic carbocycles.